The number of carbonyl (C=O) groups is 1. The van der Waals surface area contributed by atoms with Crippen LogP contribution in [0.4, 0.5) is 0 Å². The van der Waals surface area contributed by atoms with Crippen LogP contribution in [-0.2, 0) is 20.7 Å². The molecule has 1 unspecified atom stereocenters. The molecule has 0 radical (unpaired) electrons. The van der Waals surface area contributed by atoms with Gasteiger partial charge in [0, 0.05) is 37.6 Å². The minimum Gasteiger partial charge on any atom is -0.379 e. The highest BCUT2D eigenvalue weighted by Crippen LogP contribution is 2.15. The maximum atomic E-state index is 12.1. The first-order valence-corrected chi connectivity index (χ1v) is 9.27. The number of carbonyl (C=O) groups excluding carboxylic acids is 1. The predicted octanol–water partition coefficient (Wildman–Crippen LogP) is 1.38. The Morgan fingerprint density at radius 2 is 2.35 bits per heavy atom. The van der Waals surface area contributed by atoms with Gasteiger partial charge in [-0.05, 0) is 45.1 Å². The molecular weight excluding hydrogens is 334 g/mol. The largest absolute Gasteiger partial charge is 0.379 e. The van der Waals surface area contributed by atoms with Crippen molar-refractivity contribution in [2.45, 2.75) is 52.1 Å². The highest BCUT2D eigenvalue weighted by atomic mass is 16.5. The number of ether oxygens (including phenoxy) is 2. The number of nitrogens with zero attached hydrogens (tertiary/aromatic N) is 4. The predicted molar refractivity (Wildman–Crippen MR) is 96.0 cm³/mol. The van der Waals surface area contributed by atoms with Gasteiger partial charge >= 0.3 is 0 Å². The van der Waals surface area contributed by atoms with E-state index in [-0.39, 0.29) is 12.0 Å². The molecule has 0 spiro atoms. The fourth-order valence-electron chi connectivity index (χ4n) is 3.24. The molecule has 1 atom stereocenters. The molecule has 0 aliphatic carbocycles. The van der Waals surface area contributed by atoms with Gasteiger partial charge in [0.2, 0.25) is 5.91 Å². The number of aromatic nitrogens is 4. The first kappa shape index (κ1) is 18.7. The average Bonchev–Trinajstić information content (AvgIpc) is 3.29. The molecule has 1 N–H and O–H groups in total. The Hall–Kier alpha value is -2.06. The van der Waals surface area contributed by atoms with Crippen LogP contribution in [0.3, 0.4) is 0 Å². The molecule has 8 heteroatoms. The van der Waals surface area contributed by atoms with Crippen molar-refractivity contribution < 1.29 is 14.3 Å². The van der Waals surface area contributed by atoms with Crippen molar-refractivity contribution in [2.75, 3.05) is 26.4 Å². The first-order valence-electron chi connectivity index (χ1n) is 9.27. The van der Waals surface area contributed by atoms with Crippen LogP contribution in [0, 0.1) is 13.8 Å². The van der Waals surface area contributed by atoms with Gasteiger partial charge in [-0.3, -0.25) is 4.79 Å². The van der Waals surface area contributed by atoms with Crippen LogP contribution in [0.25, 0.3) is 5.78 Å². The lowest BCUT2D eigenvalue weighted by Gasteiger charge is -2.11. The number of hydrogen-bond donors (Lipinski definition) is 1. The summed E-state index contributed by atoms with van der Waals surface area (Å²) >= 11 is 0. The quantitative estimate of drug-likeness (QED) is 0.679. The van der Waals surface area contributed by atoms with Gasteiger partial charge in [0.1, 0.15) is 6.33 Å². The number of amides is 1. The topological polar surface area (TPSA) is 90.6 Å². The Morgan fingerprint density at radius 1 is 1.46 bits per heavy atom. The van der Waals surface area contributed by atoms with E-state index in [2.05, 4.69) is 20.4 Å². The normalized spacial score (nSPS) is 17.1. The third-order valence-corrected chi connectivity index (χ3v) is 4.71. The minimum atomic E-state index is 0.0432. The fraction of sp³-hybridized carbons (Fsp3) is 0.667. The fourth-order valence-corrected chi connectivity index (χ4v) is 3.24. The van der Waals surface area contributed by atoms with E-state index in [0.717, 1.165) is 42.8 Å². The van der Waals surface area contributed by atoms with E-state index in [9.17, 15) is 4.79 Å². The number of rotatable bonds is 9. The Balaban J connectivity index is 1.35. The molecule has 0 bridgehead atoms. The summed E-state index contributed by atoms with van der Waals surface area (Å²) in [5.74, 6) is 0.637. The smallest absolute Gasteiger partial charge is 0.252 e. The van der Waals surface area contributed by atoms with Gasteiger partial charge < -0.3 is 14.8 Å². The zero-order valence-electron chi connectivity index (χ0n) is 15.5. The Labute approximate surface area is 153 Å². The maximum absolute atomic E-state index is 12.1. The van der Waals surface area contributed by atoms with Gasteiger partial charge in [0.25, 0.3) is 5.78 Å². The average molecular weight is 361 g/mol. The summed E-state index contributed by atoms with van der Waals surface area (Å²) in [5, 5.41) is 7.12. The molecule has 3 rings (SSSR count). The summed E-state index contributed by atoms with van der Waals surface area (Å²) in [4.78, 5) is 20.6. The summed E-state index contributed by atoms with van der Waals surface area (Å²) in [6.07, 6.45) is 5.84. The zero-order chi connectivity index (χ0) is 18.4. The van der Waals surface area contributed by atoms with Crippen molar-refractivity contribution in [3.63, 3.8) is 0 Å². The van der Waals surface area contributed by atoms with E-state index in [1.54, 1.807) is 4.52 Å². The molecule has 1 amide bonds. The number of nitrogens with one attached hydrogen (secondary N) is 1. The monoisotopic (exact) mass is 361 g/mol. The van der Waals surface area contributed by atoms with Crippen molar-refractivity contribution >= 4 is 11.7 Å². The van der Waals surface area contributed by atoms with Gasteiger partial charge in [-0.15, -0.1) is 0 Å². The van der Waals surface area contributed by atoms with Crippen LogP contribution >= 0.6 is 0 Å². The molecule has 0 aromatic carbocycles. The van der Waals surface area contributed by atoms with Crippen LogP contribution in [0.15, 0.2) is 6.33 Å². The molecule has 1 aliphatic heterocycles. The lowest BCUT2D eigenvalue weighted by molar-refractivity contribution is -0.121. The van der Waals surface area contributed by atoms with Crippen LogP contribution in [0.2, 0.25) is 0 Å². The molecule has 1 aliphatic rings. The second-order valence-electron chi connectivity index (χ2n) is 6.65. The van der Waals surface area contributed by atoms with Gasteiger partial charge in [0.05, 0.1) is 12.7 Å². The van der Waals surface area contributed by atoms with Crippen molar-refractivity contribution in [3.05, 3.63) is 23.3 Å². The Kier molecular flexibility index (Phi) is 6.51. The highest BCUT2D eigenvalue weighted by molar-refractivity contribution is 5.76. The standard InChI is InChI=1S/C18H27N5O3/c1-13-16(14(2)23-18(22-13)20-12-21-23)6-7-17(24)19-8-4-9-25-11-15-5-3-10-26-15/h12,15H,3-11H2,1-2H3,(H,19,24). The number of fused-ring (bicyclic) bond motifs is 1. The summed E-state index contributed by atoms with van der Waals surface area (Å²) in [6.45, 7) is 6.70. The van der Waals surface area contributed by atoms with E-state index in [0.29, 0.717) is 38.4 Å². The highest BCUT2D eigenvalue weighted by Gasteiger charge is 2.15. The van der Waals surface area contributed by atoms with Crippen LogP contribution < -0.4 is 5.32 Å². The molecule has 2 aromatic heterocycles. The minimum absolute atomic E-state index is 0.0432. The molecule has 3 heterocycles. The van der Waals surface area contributed by atoms with Gasteiger partial charge in [-0.25, -0.2) is 9.50 Å². The van der Waals surface area contributed by atoms with Crippen LogP contribution in [0.1, 0.15) is 42.6 Å². The Bertz CT molecular complexity index is 740. The Morgan fingerprint density at radius 3 is 3.15 bits per heavy atom. The summed E-state index contributed by atoms with van der Waals surface area (Å²) in [5.41, 5.74) is 2.94. The zero-order valence-corrected chi connectivity index (χ0v) is 15.5. The van der Waals surface area contributed by atoms with E-state index in [1.165, 1.54) is 6.33 Å². The van der Waals surface area contributed by atoms with E-state index < -0.39 is 0 Å². The molecule has 2 aromatic rings. The van der Waals surface area contributed by atoms with E-state index >= 15 is 0 Å². The lowest BCUT2D eigenvalue weighted by Crippen LogP contribution is -2.26. The molecule has 26 heavy (non-hydrogen) atoms. The molecule has 1 fully saturated rings. The summed E-state index contributed by atoms with van der Waals surface area (Å²) < 4.78 is 12.8. The molecular formula is C18H27N5O3. The van der Waals surface area contributed by atoms with E-state index in [4.69, 9.17) is 9.47 Å². The molecule has 8 nitrogen and oxygen atoms in total. The van der Waals surface area contributed by atoms with Crippen molar-refractivity contribution in [3.8, 4) is 0 Å². The van der Waals surface area contributed by atoms with Gasteiger partial charge in [-0.2, -0.15) is 10.1 Å². The van der Waals surface area contributed by atoms with E-state index in [1.807, 2.05) is 13.8 Å². The SMILES string of the molecule is Cc1nc2ncnn2c(C)c1CCC(=O)NCCCOCC1CCCO1. The van der Waals surface area contributed by atoms with Crippen molar-refractivity contribution in [1.29, 1.82) is 0 Å². The lowest BCUT2D eigenvalue weighted by atomic mass is 10.1. The first-order chi connectivity index (χ1) is 12.6. The maximum Gasteiger partial charge on any atom is 0.252 e. The number of hydrogen-bond acceptors (Lipinski definition) is 6. The van der Waals surface area contributed by atoms with Crippen molar-refractivity contribution in [2.24, 2.45) is 0 Å². The summed E-state index contributed by atoms with van der Waals surface area (Å²) in [6, 6.07) is 0. The van der Waals surface area contributed by atoms with Gasteiger partial charge in [-0.1, -0.05) is 0 Å². The van der Waals surface area contributed by atoms with Crippen LogP contribution in [0.5, 0.6) is 0 Å². The molecule has 0 saturated carbocycles. The second kappa shape index (κ2) is 9.05. The third-order valence-electron chi connectivity index (χ3n) is 4.71. The molecule has 1 saturated heterocycles. The molecule has 142 valence electrons. The van der Waals surface area contributed by atoms with Gasteiger partial charge in [0.15, 0.2) is 0 Å². The third kappa shape index (κ3) is 4.76. The second-order valence-corrected chi connectivity index (χ2v) is 6.65. The van der Waals surface area contributed by atoms with Crippen LogP contribution in [-0.4, -0.2) is 58.0 Å². The number of aryl methyl sites for hydroxylation is 2. The van der Waals surface area contributed by atoms with Crippen molar-refractivity contribution in [1.82, 2.24) is 24.9 Å². The summed E-state index contributed by atoms with van der Waals surface area (Å²) in [7, 11) is 0.